The van der Waals surface area contributed by atoms with Crippen LogP contribution in [0, 0.1) is 0 Å². The van der Waals surface area contributed by atoms with E-state index < -0.39 is 12.0 Å². The fourth-order valence-electron chi connectivity index (χ4n) is 1.05. The Hall–Kier alpha value is -1.36. The third-order valence-corrected chi connectivity index (χ3v) is 1.91. The van der Waals surface area contributed by atoms with Crippen LogP contribution in [-0.2, 0) is 14.3 Å². The first-order valence-electron chi connectivity index (χ1n) is 5.32. The molecule has 0 rings (SSSR count). The van der Waals surface area contributed by atoms with Crippen LogP contribution in [0.3, 0.4) is 0 Å². The zero-order valence-electron chi connectivity index (χ0n) is 9.57. The first kappa shape index (κ1) is 14.6. The van der Waals surface area contributed by atoms with Crippen molar-refractivity contribution in [2.45, 2.75) is 32.2 Å². The van der Waals surface area contributed by atoms with E-state index in [0.717, 1.165) is 12.8 Å². The molecule has 0 saturated carbocycles. The van der Waals surface area contributed by atoms with Crippen LogP contribution in [0.15, 0.2) is 12.7 Å². The van der Waals surface area contributed by atoms with Gasteiger partial charge in [0, 0.05) is 6.42 Å². The van der Waals surface area contributed by atoms with E-state index >= 15 is 0 Å². The SMILES string of the molecule is C=CCOCC(NC(=O)CCCC)C(=O)O. The van der Waals surface area contributed by atoms with Crippen LogP contribution in [-0.4, -0.2) is 36.2 Å². The second-order valence-corrected chi connectivity index (χ2v) is 3.39. The number of unbranched alkanes of at least 4 members (excludes halogenated alkanes) is 1. The van der Waals surface area contributed by atoms with Gasteiger partial charge in [-0.3, -0.25) is 4.79 Å². The molecule has 16 heavy (non-hydrogen) atoms. The lowest BCUT2D eigenvalue weighted by Gasteiger charge is -2.14. The fourth-order valence-corrected chi connectivity index (χ4v) is 1.05. The van der Waals surface area contributed by atoms with Crippen molar-refractivity contribution in [1.29, 1.82) is 0 Å². The van der Waals surface area contributed by atoms with Gasteiger partial charge in [-0.2, -0.15) is 0 Å². The first-order chi connectivity index (χ1) is 7.61. The van der Waals surface area contributed by atoms with E-state index in [4.69, 9.17) is 9.84 Å². The van der Waals surface area contributed by atoms with Crippen LogP contribution in [0.2, 0.25) is 0 Å². The van der Waals surface area contributed by atoms with E-state index in [1.807, 2.05) is 6.92 Å². The van der Waals surface area contributed by atoms with Gasteiger partial charge in [-0.25, -0.2) is 4.79 Å². The summed E-state index contributed by atoms with van der Waals surface area (Å²) in [5.74, 6) is -1.34. The first-order valence-corrected chi connectivity index (χ1v) is 5.32. The van der Waals surface area contributed by atoms with Gasteiger partial charge in [0.15, 0.2) is 6.04 Å². The number of hydrogen-bond acceptors (Lipinski definition) is 3. The van der Waals surface area contributed by atoms with Gasteiger partial charge < -0.3 is 15.2 Å². The number of hydrogen-bond donors (Lipinski definition) is 2. The molecular weight excluding hydrogens is 210 g/mol. The zero-order valence-corrected chi connectivity index (χ0v) is 9.57. The number of aliphatic carboxylic acids is 1. The third-order valence-electron chi connectivity index (χ3n) is 1.91. The molecule has 0 aliphatic carbocycles. The Morgan fingerprint density at radius 3 is 2.75 bits per heavy atom. The van der Waals surface area contributed by atoms with Gasteiger partial charge in [0.25, 0.3) is 0 Å². The quantitative estimate of drug-likeness (QED) is 0.456. The summed E-state index contributed by atoms with van der Waals surface area (Å²) in [5, 5.41) is 11.2. The highest BCUT2D eigenvalue weighted by atomic mass is 16.5. The number of nitrogens with one attached hydrogen (secondary N) is 1. The predicted molar refractivity (Wildman–Crippen MR) is 60.1 cm³/mol. The van der Waals surface area contributed by atoms with Gasteiger partial charge in [-0.15, -0.1) is 6.58 Å². The second-order valence-electron chi connectivity index (χ2n) is 3.39. The van der Waals surface area contributed by atoms with E-state index in [-0.39, 0.29) is 19.1 Å². The van der Waals surface area contributed by atoms with Crippen molar-refractivity contribution in [2.24, 2.45) is 0 Å². The van der Waals surface area contributed by atoms with Gasteiger partial charge in [0.2, 0.25) is 5.91 Å². The molecule has 5 heteroatoms. The van der Waals surface area contributed by atoms with E-state index in [1.54, 1.807) is 0 Å². The number of carbonyl (C=O) groups excluding carboxylic acids is 1. The molecule has 0 aromatic rings. The van der Waals surface area contributed by atoms with Crippen LogP contribution < -0.4 is 5.32 Å². The summed E-state index contributed by atoms with van der Waals surface area (Å²) in [6.45, 7) is 5.64. The van der Waals surface area contributed by atoms with Crippen molar-refractivity contribution in [3.05, 3.63) is 12.7 Å². The molecule has 0 saturated heterocycles. The summed E-state index contributed by atoms with van der Waals surface area (Å²) in [4.78, 5) is 22.1. The summed E-state index contributed by atoms with van der Waals surface area (Å²) < 4.78 is 5.00. The number of carboxylic acid groups (broad SMARTS) is 1. The van der Waals surface area contributed by atoms with Crippen LogP contribution in [0.25, 0.3) is 0 Å². The number of ether oxygens (including phenoxy) is 1. The Morgan fingerprint density at radius 1 is 1.56 bits per heavy atom. The summed E-state index contributed by atoms with van der Waals surface area (Å²) in [7, 11) is 0. The van der Waals surface area contributed by atoms with Crippen molar-refractivity contribution in [3.8, 4) is 0 Å². The number of amides is 1. The molecule has 92 valence electrons. The topological polar surface area (TPSA) is 75.6 Å². The third kappa shape index (κ3) is 7.00. The Morgan fingerprint density at radius 2 is 2.25 bits per heavy atom. The van der Waals surface area contributed by atoms with Gasteiger partial charge in [0.1, 0.15) is 0 Å². The highest BCUT2D eigenvalue weighted by molar-refractivity contribution is 5.83. The van der Waals surface area contributed by atoms with Crippen molar-refractivity contribution in [2.75, 3.05) is 13.2 Å². The molecule has 0 fully saturated rings. The number of rotatable bonds is 9. The fraction of sp³-hybridized carbons (Fsp3) is 0.636. The highest BCUT2D eigenvalue weighted by Crippen LogP contribution is 1.95. The summed E-state index contributed by atoms with van der Waals surface area (Å²) in [6, 6.07) is -0.982. The second kappa shape index (κ2) is 8.91. The predicted octanol–water partition coefficient (Wildman–Crippen LogP) is 0.949. The van der Waals surface area contributed by atoms with Crippen LogP contribution in [0.1, 0.15) is 26.2 Å². The van der Waals surface area contributed by atoms with Gasteiger partial charge in [0.05, 0.1) is 13.2 Å². The van der Waals surface area contributed by atoms with Gasteiger partial charge >= 0.3 is 5.97 Å². The van der Waals surface area contributed by atoms with E-state index in [1.165, 1.54) is 6.08 Å². The van der Waals surface area contributed by atoms with E-state index in [9.17, 15) is 9.59 Å². The lowest BCUT2D eigenvalue weighted by molar-refractivity contribution is -0.143. The van der Waals surface area contributed by atoms with E-state index in [0.29, 0.717) is 6.42 Å². The van der Waals surface area contributed by atoms with Gasteiger partial charge in [-0.1, -0.05) is 19.4 Å². The molecule has 0 aliphatic heterocycles. The zero-order chi connectivity index (χ0) is 12.4. The molecule has 0 aliphatic rings. The Bertz CT molecular complexity index is 240. The average Bonchev–Trinajstić information content (AvgIpc) is 2.25. The lowest BCUT2D eigenvalue weighted by atomic mass is 10.2. The van der Waals surface area contributed by atoms with Crippen LogP contribution in [0.4, 0.5) is 0 Å². The Kier molecular flexibility index (Phi) is 8.15. The van der Waals surface area contributed by atoms with Crippen molar-refractivity contribution >= 4 is 11.9 Å². The maximum Gasteiger partial charge on any atom is 0.328 e. The minimum absolute atomic E-state index is 0.0424. The van der Waals surface area contributed by atoms with Gasteiger partial charge in [-0.05, 0) is 6.42 Å². The molecular formula is C11H19NO4. The molecule has 1 unspecified atom stereocenters. The normalized spacial score (nSPS) is 11.8. The average molecular weight is 229 g/mol. The lowest BCUT2D eigenvalue weighted by Crippen LogP contribution is -2.44. The highest BCUT2D eigenvalue weighted by Gasteiger charge is 2.19. The minimum Gasteiger partial charge on any atom is -0.480 e. The van der Waals surface area contributed by atoms with E-state index in [2.05, 4.69) is 11.9 Å². The van der Waals surface area contributed by atoms with Crippen molar-refractivity contribution in [3.63, 3.8) is 0 Å². The standard InChI is InChI=1S/C11H19NO4/c1-3-5-6-10(13)12-9(11(14)15)8-16-7-4-2/h4,9H,2-3,5-8H2,1H3,(H,12,13)(H,14,15). The summed E-state index contributed by atoms with van der Waals surface area (Å²) >= 11 is 0. The van der Waals surface area contributed by atoms with Crippen molar-refractivity contribution < 1.29 is 19.4 Å². The maximum atomic E-state index is 11.3. The minimum atomic E-state index is -1.09. The number of carboxylic acids is 1. The molecule has 0 aromatic carbocycles. The molecule has 0 heterocycles. The van der Waals surface area contributed by atoms with Crippen LogP contribution in [0.5, 0.6) is 0 Å². The summed E-state index contributed by atoms with van der Waals surface area (Å²) in [5.41, 5.74) is 0. The Balaban J connectivity index is 3.96. The molecule has 1 atom stereocenters. The Labute approximate surface area is 95.5 Å². The molecule has 1 amide bonds. The molecule has 2 N–H and O–H groups in total. The van der Waals surface area contributed by atoms with Crippen LogP contribution >= 0.6 is 0 Å². The number of carbonyl (C=O) groups is 2. The maximum absolute atomic E-state index is 11.3. The molecule has 0 spiro atoms. The molecule has 5 nitrogen and oxygen atoms in total. The largest absolute Gasteiger partial charge is 0.480 e. The molecule has 0 radical (unpaired) electrons. The summed E-state index contributed by atoms with van der Waals surface area (Å²) in [6.07, 6.45) is 3.53. The smallest absolute Gasteiger partial charge is 0.328 e. The monoisotopic (exact) mass is 229 g/mol. The molecule has 0 aromatic heterocycles. The van der Waals surface area contributed by atoms with Crippen molar-refractivity contribution in [1.82, 2.24) is 5.32 Å². The molecule has 0 bridgehead atoms.